The minimum absolute atomic E-state index is 0.195. The summed E-state index contributed by atoms with van der Waals surface area (Å²) in [6, 6.07) is 12.2. The van der Waals surface area contributed by atoms with Crippen molar-refractivity contribution in [3.63, 3.8) is 0 Å². The van der Waals surface area contributed by atoms with Crippen molar-refractivity contribution in [1.82, 2.24) is 0 Å². The molecule has 0 amide bonds. The number of rotatable bonds is 5. The number of hydrogen-bond donors (Lipinski definition) is 0. The van der Waals surface area contributed by atoms with Crippen LogP contribution in [0.1, 0.15) is 27.0 Å². The second kappa shape index (κ2) is 6.02. The zero-order valence-electron chi connectivity index (χ0n) is 11.6. The average Bonchev–Trinajstić information content (AvgIpc) is 2.84. The molecule has 1 aromatic carbocycles. The highest BCUT2D eigenvalue weighted by atomic mass is 32.1. The lowest BCUT2D eigenvalue weighted by molar-refractivity contribution is 0.100. The molecule has 1 aromatic heterocycles. The van der Waals surface area contributed by atoms with E-state index in [4.69, 9.17) is 0 Å². The number of ketones is 1. The van der Waals surface area contributed by atoms with Crippen LogP contribution in [0.25, 0.3) is 0 Å². The third kappa shape index (κ3) is 3.44. The Kier molecular flexibility index (Phi) is 4.38. The first-order valence-corrected chi connectivity index (χ1v) is 7.33. The van der Waals surface area contributed by atoms with Gasteiger partial charge >= 0.3 is 0 Å². The van der Waals surface area contributed by atoms with Gasteiger partial charge in [-0.1, -0.05) is 17.7 Å². The van der Waals surface area contributed by atoms with Gasteiger partial charge < -0.3 is 4.90 Å². The smallest absolute Gasteiger partial charge is 0.191 e. The maximum absolute atomic E-state index is 12.2. The topological polar surface area (TPSA) is 20.3 Å². The molecule has 19 heavy (non-hydrogen) atoms. The molecular weight excluding hydrogens is 254 g/mol. The first-order chi connectivity index (χ1) is 9.10. The molecule has 0 fully saturated rings. The van der Waals surface area contributed by atoms with Crippen LogP contribution in [0.3, 0.4) is 0 Å². The molecule has 0 aliphatic heterocycles. The SMILES string of the molecule is CCN(CC(=O)c1ccc(C)s1)c1ccc(C)cc1. The van der Waals surface area contributed by atoms with Crippen molar-refractivity contribution in [2.45, 2.75) is 20.8 Å². The van der Waals surface area contributed by atoms with Crippen molar-refractivity contribution in [3.8, 4) is 0 Å². The van der Waals surface area contributed by atoms with E-state index in [0.717, 1.165) is 17.1 Å². The van der Waals surface area contributed by atoms with Gasteiger partial charge in [0, 0.05) is 17.1 Å². The molecule has 0 bridgehead atoms. The summed E-state index contributed by atoms with van der Waals surface area (Å²) in [4.78, 5) is 16.4. The van der Waals surface area contributed by atoms with Crippen LogP contribution < -0.4 is 4.90 Å². The maximum atomic E-state index is 12.2. The van der Waals surface area contributed by atoms with Crippen LogP contribution in [0.5, 0.6) is 0 Å². The van der Waals surface area contributed by atoms with Gasteiger partial charge in [0.05, 0.1) is 11.4 Å². The minimum atomic E-state index is 0.195. The Morgan fingerprint density at radius 3 is 2.32 bits per heavy atom. The number of aryl methyl sites for hydroxylation is 2. The third-order valence-corrected chi connectivity index (χ3v) is 4.17. The highest BCUT2D eigenvalue weighted by Crippen LogP contribution is 2.19. The molecule has 0 aliphatic rings. The van der Waals surface area contributed by atoms with Crippen molar-refractivity contribution < 1.29 is 4.79 Å². The van der Waals surface area contributed by atoms with E-state index in [0.29, 0.717) is 6.54 Å². The number of nitrogens with zero attached hydrogens (tertiary/aromatic N) is 1. The second-order valence-corrected chi connectivity index (χ2v) is 5.97. The Balaban J connectivity index is 2.11. The van der Waals surface area contributed by atoms with Crippen molar-refractivity contribution in [1.29, 1.82) is 0 Å². The third-order valence-electron chi connectivity index (χ3n) is 3.13. The number of anilines is 1. The van der Waals surface area contributed by atoms with Crippen molar-refractivity contribution in [3.05, 3.63) is 51.7 Å². The van der Waals surface area contributed by atoms with E-state index in [1.807, 2.05) is 19.1 Å². The molecule has 2 nitrogen and oxygen atoms in total. The largest absolute Gasteiger partial charge is 0.364 e. The molecule has 1 heterocycles. The van der Waals surface area contributed by atoms with E-state index in [2.05, 4.69) is 43.0 Å². The van der Waals surface area contributed by atoms with Gasteiger partial charge in [0.15, 0.2) is 5.78 Å². The van der Waals surface area contributed by atoms with E-state index >= 15 is 0 Å². The van der Waals surface area contributed by atoms with Gasteiger partial charge in [0.2, 0.25) is 0 Å². The first kappa shape index (κ1) is 13.8. The summed E-state index contributed by atoms with van der Waals surface area (Å²) in [6.45, 7) is 7.45. The number of carbonyl (C=O) groups is 1. The molecule has 0 atom stereocenters. The molecule has 2 aromatic rings. The number of hydrogen-bond acceptors (Lipinski definition) is 3. The summed E-state index contributed by atoms with van der Waals surface area (Å²) in [7, 11) is 0. The monoisotopic (exact) mass is 273 g/mol. The quantitative estimate of drug-likeness (QED) is 0.765. The highest BCUT2D eigenvalue weighted by Gasteiger charge is 2.13. The van der Waals surface area contributed by atoms with Crippen LogP contribution in [0.4, 0.5) is 5.69 Å². The van der Waals surface area contributed by atoms with Crippen molar-refractivity contribution in [2.75, 3.05) is 18.0 Å². The van der Waals surface area contributed by atoms with Crippen LogP contribution >= 0.6 is 11.3 Å². The normalized spacial score (nSPS) is 10.5. The molecule has 3 heteroatoms. The Morgan fingerprint density at radius 2 is 1.79 bits per heavy atom. The maximum Gasteiger partial charge on any atom is 0.191 e. The zero-order valence-corrected chi connectivity index (χ0v) is 12.5. The van der Waals surface area contributed by atoms with Gasteiger partial charge in [0.1, 0.15) is 0 Å². The van der Waals surface area contributed by atoms with Crippen molar-refractivity contribution in [2.24, 2.45) is 0 Å². The van der Waals surface area contributed by atoms with Crippen molar-refractivity contribution >= 4 is 22.8 Å². The predicted molar refractivity (Wildman–Crippen MR) is 82.5 cm³/mol. The Bertz CT molecular complexity index is 556. The first-order valence-electron chi connectivity index (χ1n) is 6.51. The van der Waals surface area contributed by atoms with Crippen LogP contribution in [-0.4, -0.2) is 18.9 Å². The highest BCUT2D eigenvalue weighted by molar-refractivity contribution is 7.14. The van der Waals surface area contributed by atoms with E-state index in [1.54, 1.807) is 11.3 Å². The Labute approximate surface area is 118 Å². The fourth-order valence-electron chi connectivity index (χ4n) is 1.98. The van der Waals surface area contributed by atoms with Gasteiger partial charge in [-0.05, 0) is 45.0 Å². The predicted octanol–water partition coefficient (Wildman–Crippen LogP) is 4.07. The Morgan fingerprint density at radius 1 is 1.11 bits per heavy atom. The molecule has 2 rings (SSSR count). The molecule has 0 spiro atoms. The molecule has 0 N–H and O–H groups in total. The summed E-state index contributed by atoms with van der Waals surface area (Å²) in [5.74, 6) is 0.195. The number of carbonyl (C=O) groups excluding carboxylic acids is 1. The number of thiophene rings is 1. The molecule has 100 valence electrons. The zero-order chi connectivity index (χ0) is 13.8. The lowest BCUT2D eigenvalue weighted by Crippen LogP contribution is -2.29. The molecule has 0 saturated carbocycles. The molecule has 0 aliphatic carbocycles. The average molecular weight is 273 g/mol. The fraction of sp³-hybridized carbons (Fsp3) is 0.312. The summed E-state index contributed by atoms with van der Waals surface area (Å²) in [6.07, 6.45) is 0. The second-order valence-electron chi connectivity index (χ2n) is 4.68. The van der Waals surface area contributed by atoms with Crippen LogP contribution in [-0.2, 0) is 0 Å². The van der Waals surface area contributed by atoms with Crippen LogP contribution in [0.15, 0.2) is 36.4 Å². The number of Topliss-reactive ketones (excluding diaryl/α,β-unsaturated/α-hetero) is 1. The van der Waals surface area contributed by atoms with E-state index in [9.17, 15) is 4.79 Å². The Hall–Kier alpha value is -1.61. The minimum Gasteiger partial charge on any atom is -0.364 e. The van der Waals surface area contributed by atoms with Gasteiger partial charge in [-0.25, -0.2) is 0 Å². The van der Waals surface area contributed by atoms with Gasteiger partial charge in [0.25, 0.3) is 0 Å². The molecule has 0 saturated heterocycles. The summed E-state index contributed by atoms with van der Waals surface area (Å²) in [5, 5.41) is 0. The van der Waals surface area contributed by atoms with Gasteiger partial charge in [-0.15, -0.1) is 11.3 Å². The number of benzene rings is 1. The molecule has 0 unspecified atom stereocenters. The lowest BCUT2D eigenvalue weighted by atomic mass is 10.2. The summed E-state index contributed by atoms with van der Waals surface area (Å²) < 4.78 is 0. The summed E-state index contributed by atoms with van der Waals surface area (Å²) in [5.41, 5.74) is 2.34. The standard InChI is InChI=1S/C16H19NOS/c1-4-17(14-8-5-12(2)6-9-14)11-15(18)16-10-7-13(3)19-16/h5-10H,4,11H2,1-3H3. The molecule has 0 radical (unpaired) electrons. The van der Waals surface area contributed by atoms with E-state index in [-0.39, 0.29) is 5.78 Å². The van der Waals surface area contributed by atoms with Crippen LogP contribution in [0, 0.1) is 13.8 Å². The fourth-order valence-corrected chi connectivity index (χ4v) is 2.77. The van der Waals surface area contributed by atoms with E-state index in [1.165, 1.54) is 10.4 Å². The summed E-state index contributed by atoms with van der Waals surface area (Å²) >= 11 is 1.57. The molecular formula is C16H19NOS. The number of likely N-dealkylation sites (N-methyl/N-ethyl adjacent to an activating group) is 1. The lowest BCUT2D eigenvalue weighted by Gasteiger charge is -2.22. The van der Waals surface area contributed by atoms with Gasteiger partial charge in [-0.2, -0.15) is 0 Å². The van der Waals surface area contributed by atoms with Crippen LogP contribution in [0.2, 0.25) is 0 Å². The van der Waals surface area contributed by atoms with E-state index < -0.39 is 0 Å². The van der Waals surface area contributed by atoms with Gasteiger partial charge in [-0.3, -0.25) is 4.79 Å².